The minimum absolute atomic E-state index is 0. The first kappa shape index (κ1) is 22.9. The number of hydrogen-bond acceptors (Lipinski definition) is 5. The Labute approximate surface area is 176 Å². The van der Waals surface area contributed by atoms with Gasteiger partial charge in [0, 0.05) is 37.6 Å². The van der Waals surface area contributed by atoms with E-state index in [0.29, 0.717) is 6.54 Å². The van der Waals surface area contributed by atoms with E-state index < -0.39 is 0 Å². The van der Waals surface area contributed by atoms with Crippen LogP contribution in [0.4, 0.5) is 0 Å². The fraction of sp³-hybridized carbons (Fsp3) is 0.556. The number of rotatable bonds is 10. The zero-order valence-corrected chi connectivity index (χ0v) is 18.9. The Morgan fingerprint density at radius 3 is 2.77 bits per heavy atom. The molecule has 2 heterocycles. The van der Waals surface area contributed by atoms with Gasteiger partial charge in [-0.1, -0.05) is 0 Å². The van der Waals surface area contributed by atoms with Gasteiger partial charge in [-0.05, 0) is 39.3 Å². The third-order valence-corrected chi connectivity index (χ3v) is 4.71. The molecule has 0 fully saturated rings. The molecule has 0 saturated carbocycles. The number of ether oxygens (including phenoxy) is 1. The van der Waals surface area contributed by atoms with Crippen molar-refractivity contribution in [1.29, 1.82) is 0 Å². The second-order valence-corrected chi connectivity index (χ2v) is 6.94. The summed E-state index contributed by atoms with van der Waals surface area (Å²) in [4.78, 5) is 10.5. The van der Waals surface area contributed by atoms with Crippen molar-refractivity contribution in [2.24, 2.45) is 4.99 Å². The summed E-state index contributed by atoms with van der Waals surface area (Å²) in [7, 11) is 0. The molecular formula is C18H29IN4O2S. The Hall–Kier alpha value is -1.13. The standard InChI is InChI=1S/C18H28N4O2S.HI/c1-4-23-11-6-9-19-18(20-10-8-16-7-5-12-24-16)21-13-17-22-14(2)15(3)25-17;/h5,7,12H,4,6,8-11,13H2,1-3H3,(H2,19,20,21);1H. The number of aliphatic imine (C=N–C) groups is 1. The fourth-order valence-electron chi connectivity index (χ4n) is 2.21. The largest absolute Gasteiger partial charge is 0.469 e. The minimum atomic E-state index is 0. The predicted octanol–water partition coefficient (Wildman–Crippen LogP) is 3.68. The van der Waals surface area contributed by atoms with Gasteiger partial charge in [-0.2, -0.15) is 0 Å². The molecule has 2 rings (SSSR count). The topological polar surface area (TPSA) is 71.7 Å². The molecule has 146 valence electrons. The van der Waals surface area contributed by atoms with Gasteiger partial charge in [0.2, 0.25) is 0 Å². The van der Waals surface area contributed by atoms with Crippen LogP contribution in [0.2, 0.25) is 0 Å². The quantitative estimate of drug-likeness (QED) is 0.229. The molecule has 2 aromatic rings. The van der Waals surface area contributed by atoms with E-state index in [-0.39, 0.29) is 24.0 Å². The molecule has 0 atom stereocenters. The monoisotopic (exact) mass is 492 g/mol. The van der Waals surface area contributed by atoms with Gasteiger partial charge in [0.15, 0.2) is 5.96 Å². The number of nitrogens with zero attached hydrogens (tertiary/aromatic N) is 2. The zero-order chi connectivity index (χ0) is 17.9. The first-order chi connectivity index (χ1) is 12.2. The van der Waals surface area contributed by atoms with Crippen LogP contribution in [0.1, 0.15) is 34.7 Å². The van der Waals surface area contributed by atoms with Crippen LogP contribution in [-0.4, -0.2) is 37.2 Å². The van der Waals surface area contributed by atoms with Crippen LogP contribution in [0.15, 0.2) is 27.8 Å². The van der Waals surface area contributed by atoms with Crippen molar-refractivity contribution in [3.8, 4) is 0 Å². The van der Waals surface area contributed by atoms with Crippen molar-refractivity contribution in [1.82, 2.24) is 15.6 Å². The van der Waals surface area contributed by atoms with E-state index in [4.69, 9.17) is 9.15 Å². The first-order valence-corrected chi connectivity index (χ1v) is 9.56. The van der Waals surface area contributed by atoms with E-state index in [1.54, 1.807) is 17.6 Å². The molecule has 0 bridgehead atoms. The molecule has 0 unspecified atom stereocenters. The normalized spacial score (nSPS) is 11.3. The molecule has 0 aromatic carbocycles. The molecule has 2 aromatic heterocycles. The lowest BCUT2D eigenvalue weighted by atomic mass is 10.3. The van der Waals surface area contributed by atoms with Gasteiger partial charge in [0.05, 0.1) is 18.5 Å². The van der Waals surface area contributed by atoms with Crippen molar-refractivity contribution in [3.05, 3.63) is 39.7 Å². The summed E-state index contributed by atoms with van der Waals surface area (Å²) >= 11 is 1.70. The lowest BCUT2D eigenvalue weighted by Gasteiger charge is -2.12. The summed E-state index contributed by atoms with van der Waals surface area (Å²) in [6, 6.07) is 3.89. The van der Waals surface area contributed by atoms with Crippen molar-refractivity contribution >= 4 is 41.3 Å². The number of guanidine groups is 1. The average Bonchev–Trinajstić information content (AvgIpc) is 3.22. The van der Waals surface area contributed by atoms with Crippen LogP contribution >= 0.6 is 35.3 Å². The van der Waals surface area contributed by atoms with E-state index >= 15 is 0 Å². The number of thiazole rings is 1. The van der Waals surface area contributed by atoms with E-state index in [0.717, 1.165) is 61.6 Å². The molecule has 6 nitrogen and oxygen atoms in total. The zero-order valence-electron chi connectivity index (χ0n) is 15.7. The second-order valence-electron chi connectivity index (χ2n) is 5.65. The molecule has 8 heteroatoms. The molecule has 0 aliphatic rings. The van der Waals surface area contributed by atoms with Gasteiger partial charge in [-0.15, -0.1) is 35.3 Å². The Balaban J connectivity index is 0.00000338. The van der Waals surface area contributed by atoms with Crippen LogP contribution in [-0.2, 0) is 17.7 Å². The lowest BCUT2D eigenvalue weighted by molar-refractivity contribution is 0.145. The Morgan fingerprint density at radius 1 is 1.31 bits per heavy atom. The van der Waals surface area contributed by atoms with Crippen molar-refractivity contribution in [3.63, 3.8) is 0 Å². The number of hydrogen-bond donors (Lipinski definition) is 2. The van der Waals surface area contributed by atoms with Gasteiger partial charge in [0.1, 0.15) is 10.8 Å². The van der Waals surface area contributed by atoms with E-state index in [1.165, 1.54) is 4.88 Å². The summed E-state index contributed by atoms with van der Waals surface area (Å²) in [5.74, 6) is 1.77. The molecule has 26 heavy (non-hydrogen) atoms. The summed E-state index contributed by atoms with van der Waals surface area (Å²) in [6.45, 7) is 9.82. The molecule has 0 aliphatic heterocycles. The highest BCUT2D eigenvalue weighted by Crippen LogP contribution is 2.16. The smallest absolute Gasteiger partial charge is 0.191 e. The van der Waals surface area contributed by atoms with E-state index in [9.17, 15) is 0 Å². The molecule has 0 radical (unpaired) electrons. The van der Waals surface area contributed by atoms with Gasteiger partial charge in [-0.25, -0.2) is 9.98 Å². The number of nitrogens with one attached hydrogen (secondary N) is 2. The molecule has 0 amide bonds. The average molecular weight is 492 g/mol. The predicted molar refractivity (Wildman–Crippen MR) is 118 cm³/mol. The van der Waals surface area contributed by atoms with Gasteiger partial charge >= 0.3 is 0 Å². The maximum absolute atomic E-state index is 5.37. The lowest BCUT2D eigenvalue weighted by Crippen LogP contribution is -2.39. The molecule has 2 N–H and O–H groups in total. The van der Waals surface area contributed by atoms with Crippen LogP contribution in [0.3, 0.4) is 0 Å². The highest BCUT2D eigenvalue weighted by molar-refractivity contribution is 14.0. The van der Waals surface area contributed by atoms with Crippen LogP contribution < -0.4 is 10.6 Å². The third kappa shape index (κ3) is 8.50. The summed E-state index contributed by atoms with van der Waals surface area (Å²) in [5, 5.41) is 7.75. The highest BCUT2D eigenvalue weighted by Gasteiger charge is 2.04. The summed E-state index contributed by atoms with van der Waals surface area (Å²) < 4.78 is 10.7. The van der Waals surface area contributed by atoms with Crippen LogP contribution in [0, 0.1) is 13.8 Å². The van der Waals surface area contributed by atoms with Gasteiger partial charge in [-0.3, -0.25) is 0 Å². The van der Waals surface area contributed by atoms with Crippen molar-refractivity contribution in [2.45, 2.75) is 40.2 Å². The maximum atomic E-state index is 5.37. The number of aromatic nitrogens is 1. The number of aryl methyl sites for hydroxylation is 2. The molecule has 0 aliphatic carbocycles. The first-order valence-electron chi connectivity index (χ1n) is 8.74. The van der Waals surface area contributed by atoms with Gasteiger partial charge in [0.25, 0.3) is 0 Å². The Morgan fingerprint density at radius 2 is 2.12 bits per heavy atom. The SMILES string of the molecule is CCOCCCNC(=NCc1nc(C)c(C)s1)NCCc1ccco1.I. The summed E-state index contributed by atoms with van der Waals surface area (Å²) in [5.41, 5.74) is 1.09. The minimum Gasteiger partial charge on any atom is -0.469 e. The molecular weight excluding hydrogens is 463 g/mol. The fourth-order valence-corrected chi connectivity index (χ4v) is 3.07. The third-order valence-electron chi connectivity index (χ3n) is 3.65. The molecule has 0 spiro atoms. The van der Waals surface area contributed by atoms with Crippen molar-refractivity contribution in [2.75, 3.05) is 26.3 Å². The number of halogens is 1. The maximum Gasteiger partial charge on any atom is 0.191 e. The van der Waals surface area contributed by atoms with E-state index in [1.807, 2.05) is 26.0 Å². The highest BCUT2D eigenvalue weighted by atomic mass is 127. The number of furan rings is 1. The second kappa shape index (κ2) is 13.1. The Kier molecular flexibility index (Phi) is 11.5. The van der Waals surface area contributed by atoms with Crippen LogP contribution in [0.5, 0.6) is 0 Å². The van der Waals surface area contributed by atoms with Crippen molar-refractivity contribution < 1.29 is 9.15 Å². The Bertz CT molecular complexity index is 624. The summed E-state index contributed by atoms with van der Waals surface area (Å²) in [6.07, 6.45) is 3.47. The molecule has 0 saturated heterocycles. The van der Waals surface area contributed by atoms with E-state index in [2.05, 4.69) is 27.5 Å². The van der Waals surface area contributed by atoms with Crippen LogP contribution in [0.25, 0.3) is 0 Å². The van der Waals surface area contributed by atoms with Gasteiger partial charge < -0.3 is 19.8 Å².